The number of halogens is 2. The van der Waals surface area contributed by atoms with Gasteiger partial charge in [0.05, 0.1) is 5.60 Å². The van der Waals surface area contributed by atoms with Crippen LogP contribution in [0.2, 0.25) is 0 Å². The lowest BCUT2D eigenvalue weighted by Crippen LogP contribution is -2.30. The van der Waals surface area contributed by atoms with E-state index in [9.17, 15) is 13.9 Å². The fourth-order valence-electron chi connectivity index (χ4n) is 2.77. The zero-order chi connectivity index (χ0) is 14.0. The Bertz CT molecular complexity index is 464. The van der Waals surface area contributed by atoms with Gasteiger partial charge in [0.15, 0.2) is 11.6 Å². The van der Waals surface area contributed by atoms with E-state index in [1.54, 1.807) is 0 Å². The fourth-order valence-corrected chi connectivity index (χ4v) is 2.77. The zero-order valence-corrected chi connectivity index (χ0v) is 11.5. The lowest BCUT2D eigenvalue weighted by atomic mass is 9.86. The summed E-state index contributed by atoms with van der Waals surface area (Å²) in [6.45, 7) is 6.12. The van der Waals surface area contributed by atoms with Gasteiger partial charge in [-0.15, -0.1) is 0 Å². The summed E-state index contributed by atoms with van der Waals surface area (Å²) < 4.78 is 27.7. The molecule has 4 heteroatoms. The molecule has 1 heterocycles. The van der Waals surface area contributed by atoms with E-state index in [2.05, 4.69) is 11.8 Å². The van der Waals surface area contributed by atoms with Crippen LogP contribution in [0, 0.1) is 18.6 Å². The highest BCUT2D eigenvalue weighted by atomic mass is 19.2. The third-order valence-corrected chi connectivity index (χ3v) is 4.13. The molecule has 0 amide bonds. The maximum absolute atomic E-state index is 14.1. The molecule has 1 aromatic rings. The number of rotatable bonds is 2. The first kappa shape index (κ1) is 14.4. The maximum atomic E-state index is 14.1. The Morgan fingerprint density at radius 1 is 1.21 bits per heavy atom. The van der Waals surface area contributed by atoms with Gasteiger partial charge in [-0.2, -0.15) is 0 Å². The molecule has 0 aliphatic carbocycles. The molecule has 1 aliphatic heterocycles. The molecule has 106 valence electrons. The summed E-state index contributed by atoms with van der Waals surface area (Å²) in [6.07, 6.45) is 1.71. The van der Waals surface area contributed by atoms with Crippen LogP contribution in [-0.2, 0) is 5.60 Å². The van der Waals surface area contributed by atoms with E-state index in [1.807, 2.05) is 0 Å². The zero-order valence-electron chi connectivity index (χ0n) is 11.5. The molecule has 1 aliphatic rings. The summed E-state index contributed by atoms with van der Waals surface area (Å²) in [5.41, 5.74) is -0.870. The topological polar surface area (TPSA) is 23.5 Å². The third kappa shape index (κ3) is 2.79. The summed E-state index contributed by atoms with van der Waals surface area (Å²) in [4.78, 5) is 2.22. The van der Waals surface area contributed by atoms with Gasteiger partial charge in [0.1, 0.15) is 0 Å². The average molecular weight is 269 g/mol. The first-order valence-corrected chi connectivity index (χ1v) is 6.88. The van der Waals surface area contributed by atoms with Gasteiger partial charge >= 0.3 is 0 Å². The number of nitrogens with zero attached hydrogens (tertiary/aromatic N) is 1. The average Bonchev–Trinajstić information content (AvgIpc) is 2.58. The lowest BCUT2D eigenvalue weighted by molar-refractivity contribution is 0.0173. The molecule has 1 saturated heterocycles. The normalized spacial score (nSPS) is 25.3. The second-order valence-corrected chi connectivity index (χ2v) is 5.38. The number of aryl methyl sites for hydroxylation is 1. The van der Waals surface area contributed by atoms with E-state index in [0.717, 1.165) is 19.5 Å². The SMILES string of the molecule is CCN1CCCC(O)(c2ccc(C)c(F)c2F)CC1. The summed E-state index contributed by atoms with van der Waals surface area (Å²) in [5, 5.41) is 10.7. The van der Waals surface area contributed by atoms with Crippen molar-refractivity contribution in [2.24, 2.45) is 0 Å². The predicted octanol–water partition coefficient (Wildman–Crippen LogP) is 2.97. The predicted molar refractivity (Wildman–Crippen MR) is 71.0 cm³/mol. The Balaban J connectivity index is 2.32. The molecule has 1 fully saturated rings. The first-order chi connectivity index (χ1) is 8.98. The minimum atomic E-state index is -1.25. The van der Waals surface area contributed by atoms with Crippen LogP contribution in [0.5, 0.6) is 0 Å². The van der Waals surface area contributed by atoms with Crippen LogP contribution >= 0.6 is 0 Å². The molecule has 1 atom stereocenters. The van der Waals surface area contributed by atoms with Crippen molar-refractivity contribution in [2.75, 3.05) is 19.6 Å². The van der Waals surface area contributed by atoms with Crippen LogP contribution < -0.4 is 0 Å². The quantitative estimate of drug-likeness (QED) is 0.892. The molecule has 1 N–H and O–H groups in total. The molecule has 0 spiro atoms. The summed E-state index contributed by atoms with van der Waals surface area (Å²) in [7, 11) is 0. The minimum Gasteiger partial charge on any atom is -0.385 e. The van der Waals surface area contributed by atoms with Gasteiger partial charge in [-0.25, -0.2) is 8.78 Å². The van der Waals surface area contributed by atoms with Gasteiger partial charge in [-0.1, -0.05) is 19.1 Å². The summed E-state index contributed by atoms with van der Waals surface area (Å²) in [6, 6.07) is 3.06. The maximum Gasteiger partial charge on any atom is 0.165 e. The van der Waals surface area contributed by atoms with Gasteiger partial charge < -0.3 is 10.0 Å². The van der Waals surface area contributed by atoms with E-state index >= 15 is 0 Å². The van der Waals surface area contributed by atoms with Gasteiger partial charge in [0.2, 0.25) is 0 Å². The number of hydrogen-bond acceptors (Lipinski definition) is 2. The van der Waals surface area contributed by atoms with Crippen molar-refractivity contribution in [3.63, 3.8) is 0 Å². The third-order valence-electron chi connectivity index (χ3n) is 4.13. The first-order valence-electron chi connectivity index (χ1n) is 6.88. The van der Waals surface area contributed by atoms with Crippen molar-refractivity contribution in [1.29, 1.82) is 0 Å². The van der Waals surface area contributed by atoms with Crippen molar-refractivity contribution in [1.82, 2.24) is 4.90 Å². The summed E-state index contributed by atoms with van der Waals surface area (Å²) in [5.74, 6) is -1.74. The van der Waals surface area contributed by atoms with Crippen LogP contribution in [0.25, 0.3) is 0 Å². The molecule has 1 unspecified atom stereocenters. The number of benzene rings is 1. The van der Waals surface area contributed by atoms with Gasteiger partial charge in [-0.05, 0) is 44.8 Å². The van der Waals surface area contributed by atoms with Crippen molar-refractivity contribution in [3.8, 4) is 0 Å². The number of likely N-dealkylation sites (tertiary alicyclic amines) is 1. The van der Waals surface area contributed by atoms with Crippen molar-refractivity contribution in [2.45, 2.75) is 38.7 Å². The van der Waals surface area contributed by atoms with E-state index < -0.39 is 17.2 Å². The molecule has 0 bridgehead atoms. The summed E-state index contributed by atoms with van der Waals surface area (Å²) >= 11 is 0. The monoisotopic (exact) mass is 269 g/mol. The van der Waals surface area contributed by atoms with E-state index in [4.69, 9.17) is 0 Å². The molecular formula is C15H21F2NO. The second-order valence-electron chi connectivity index (χ2n) is 5.38. The van der Waals surface area contributed by atoms with Crippen LogP contribution in [0.15, 0.2) is 12.1 Å². The minimum absolute atomic E-state index is 0.105. The van der Waals surface area contributed by atoms with E-state index in [1.165, 1.54) is 19.1 Å². The van der Waals surface area contributed by atoms with Crippen LogP contribution in [0.4, 0.5) is 8.78 Å². The van der Waals surface area contributed by atoms with E-state index in [-0.39, 0.29) is 11.1 Å². The standard InChI is InChI=1S/C15H21F2NO/c1-3-18-9-4-7-15(19,8-10-18)12-6-5-11(2)13(16)14(12)17/h5-6,19H,3-4,7-10H2,1-2H3. The van der Waals surface area contributed by atoms with Crippen molar-refractivity contribution in [3.05, 3.63) is 34.9 Å². The highest BCUT2D eigenvalue weighted by Gasteiger charge is 2.35. The van der Waals surface area contributed by atoms with Crippen LogP contribution in [0.3, 0.4) is 0 Å². The molecule has 0 aromatic heterocycles. The molecular weight excluding hydrogens is 248 g/mol. The van der Waals surface area contributed by atoms with Crippen LogP contribution in [-0.4, -0.2) is 29.6 Å². The Morgan fingerprint density at radius 3 is 2.63 bits per heavy atom. The largest absolute Gasteiger partial charge is 0.385 e. The number of hydrogen-bond donors (Lipinski definition) is 1. The van der Waals surface area contributed by atoms with E-state index in [0.29, 0.717) is 19.4 Å². The smallest absolute Gasteiger partial charge is 0.165 e. The molecule has 19 heavy (non-hydrogen) atoms. The highest BCUT2D eigenvalue weighted by Crippen LogP contribution is 2.35. The molecule has 0 radical (unpaired) electrons. The highest BCUT2D eigenvalue weighted by molar-refractivity contribution is 5.30. The van der Waals surface area contributed by atoms with Gasteiger partial charge in [0, 0.05) is 12.1 Å². The van der Waals surface area contributed by atoms with Crippen molar-refractivity contribution < 1.29 is 13.9 Å². The second kappa shape index (κ2) is 5.55. The molecule has 2 rings (SSSR count). The van der Waals surface area contributed by atoms with Gasteiger partial charge in [0.25, 0.3) is 0 Å². The van der Waals surface area contributed by atoms with Gasteiger partial charge in [-0.3, -0.25) is 0 Å². The lowest BCUT2D eigenvalue weighted by Gasteiger charge is -2.28. The molecule has 2 nitrogen and oxygen atoms in total. The number of aliphatic hydroxyl groups is 1. The van der Waals surface area contributed by atoms with Crippen LogP contribution in [0.1, 0.15) is 37.3 Å². The Labute approximate surface area is 113 Å². The molecule has 1 aromatic carbocycles. The Hall–Kier alpha value is -1.00. The molecule has 0 saturated carbocycles. The van der Waals surface area contributed by atoms with Crippen molar-refractivity contribution >= 4 is 0 Å². The fraction of sp³-hybridized carbons (Fsp3) is 0.600. The Kier molecular flexibility index (Phi) is 4.21. The Morgan fingerprint density at radius 2 is 1.95 bits per heavy atom.